The molecule has 2 N–H and O–H groups in total. The molecule has 0 saturated carbocycles. The Balaban J connectivity index is 1.51. The van der Waals surface area contributed by atoms with Crippen LogP contribution >= 0.6 is 31.9 Å². The Morgan fingerprint density at radius 1 is 0.953 bits per heavy atom. The van der Waals surface area contributed by atoms with Crippen LogP contribution in [0.25, 0.3) is 0 Å². The Morgan fingerprint density at radius 2 is 1.65 bits per heavy atom. The maximum absolute atomic E-state index is 14.3. The van der Waals surface area contributed by atoms with Gasteiger partial charge in [-0.3, -0.25) is 4.79 Å². The lowest BCUT2D eigenvalue weighted by molar-refractivity contribution is -0.128. The third-order valence-electron chi connectivity index (χ3n) is 7.18. The van der Waals surface area contributed by atoms with Crippen LogP contribution in [-0.2, 0) is 22.4 Å². The SMILES string of the molecule is O=C(NCCc1cccc(F)c1)[C@]1(Cc2ccc(Br)cc2)N=C(c2ccc(OCCCO)cc2)O[C@@H]1c1ccc(Br)cc1. The van der Waals surface area contributed by atoms with E-state index in [1.807, 2.05) is 78.9 Å². The van der Waals surface area contributed by atoms with E-state index in [0.29, 0.717) is 49.6 Å². The van der Waals surface area contributed by atoms with E-state index in [1.165, 1.54) is 12.1 Å². The van der Waals surface area contributed by atoms with Gasteiger partial charge in [0.2, 0.25) is 5.90 Å². The predicted octanol–water partition coefficient (Wildman–Crippen LogP) is 6.97. The molecule has 4 aromatic carbocycles. The second-order valence-corrected chi connectivity index (χ2v) is 12.1. The normalized spacial score (nSPS) is 17.7. The van der Waals surface area contributed by atoms with Crippen molar-refractivity contribution in [2.75, 3.05) is 19.8 Å². The average Bonchev–Trinajstić information content (AvgIpc) is 3.39. The summed E-state index contributed by atoms with van der Waals surface area (Å²) in [6.45, 7) is 0.776. The van der Waals surface area contributed by atoms with Gasteiger partial charge in [0.05, 0.1) is 6.61 Å². The summed E-state index contributed by atoms with van der Waals surface area (Å²) >= 11 is 7.00. The zero-order valence-corrected chi connectivity index (χ0v) is 26.5. The minimum Gasteiger partial charge on any atom is -0.494 e. The summed E-state index contributed by atoms with van der Waals surface area (Å²) in [5.74, 6) is 0.427. The van der Waals surface area contributed by atoms with Crippen molar-refractivity contribution in [3.8, 4) is 5.75 Å². The zero-order chi connectivity index (χ0) is 30.2. The van der Waals surface area contributed by atoms with Crippen LogP contribution in [0.15, 0.2) is 111 Å². The van der Waals surface area contributed by atoms with Crippen molar-refractivity contribution in [3.05, 3.63) is 134 Å². The van der Waals surface area contributed by atoms with E-state index in [-0.39, 0.29) is 18.3 Å². The Kier molecular flexibility index (Phi) is 10.3. The lowest BCUT2D eigenvalue weighted by atomic mass is 9.82. The van der Waals surface area contributed by atoms with Crippen molar-refractivity contribution in [3.63, 3.8) is 0 Å². The van der Waals surface area contributed by atoms with Crippen LogP contribution in [0.5, 0.6) is 5.75 Å². The molecule has 1 aliphatic rings. The molecule has 222 valence electrons. The van der Waals surface area contributed by atoms with Crippen LogP contribution in [0.4, 0.5) is 4.39 Å². The van der Waals surface area contributed by atoms with Crippen LogP contribution < -0.4 is 10.1 Å². The van der Waals surface area contributed by atoms with Gasteiger partial charge in [0.25, 0.3) is 5.91 Å². The largest absolute Gasteiger partial charge is 0.494 e. The minimum atomic E-state index is -1.32. The van der Waals surface area contributed by atoms with Crippen LogP contribution in [0, 0.1) is 5.82 Å². The van der Waals surface area contributed by atoms with Crippen molar-refractivity contribution < 1.29 is 23.8 Å². The number of rotatable bonds is 12. The van der Waals surface area contributed by atoms with Crippen LogP contribution in [0.1, 0.15) is 34.8 Å². The number of aliphatic hydroxyl groups excluding tert-OH is 1. The first-order chi connectivity index (χ1) is 20.9. The Bertz CT molecular complexity index is 1560. The molecule has 0 fully saturated rings. The number of halogens is 3. The Morgan fingerprint density at radius 3 is 2.33 bits per heavy atom. The summed E-state index contributed by atoms with van der Waals surface area (Å²) < 4.78 is 27.9. The van der Waals surface area contributed by atoms with Crippen molar-refractivity contribution in [1.29, 1.82) is 0 Å². The van der Waals surface area contributed by atoms with Crippen LogP contribution in [0.2, 0.25) is 0 Å². The van der Waals surface area contributed by atoms with Gasteiger partial charge in [0, 0.05) is 40.5 Å². The summed E-state index contributed by atoms with van der Waals surface area (Å²) in [7, 11) is 0. The first-order valence-corrected chi connectivity index (χ1v) is 15.6. The number of hydrogen-bond donors (Lipinski definition) is 2. The molecule has 6 nitrogen and oxygen atoms in total. The molecule has 4 aromatic rings. The van der Waals surface area contributed by atoms with Crippen LogP contribution in [0.3, 0.4) is 0 Å². The highest BCUT2D eigenvalue weighted by molar-refractivity contribution is 9.10. The summed E-state index contributed by atoms with van der Waals surface area (Å²) in [5, 5.41) is 12.1. The van der Waals surface area contributed by atoms with E-state index >= 15 is 0 Å². The number of carbonyl (C=O) groups excluding carboxylic acids is 1. The molecule has 1 heterocycles. The molecule has 2 atom stereocenters. The van der Waals surface area contributed by atoms with Crippen molar-refractivity contribution in [2.45, 2.75) is 30.9 Å². The van der Waals surface area contributed by atoms with Gasteiger partial charge in [-0.2, -0.15) is 0 Å². The third kappa shape index (κ3) is 7.71. The molecule has 5 rings (SSSR count). The number of nitrogens with zero attached hydrogens (tertiary/aromatic N) is 1. The first-order valence-electron chi connectivity index (χ1n) is 14.0. The van der Waals surface area contributed by atoms with Gasteiger partial charge >= 0.3 is 0 Å². The van der Waals surface area contributed by atoms with E-state index in [1.54, 1.807) is 6.07 Å². The smallest absolute Gasteiger partial charge is 0.252 e. The summed E-state index contributed by atoms with van der Waals surface area (Å²) in [4.78, 5) is 19.4. The monoisotopic (exact) mass is 708 g/mol. The number of ether oxygens (including phenoxy) is 2. The number of aliphatic hydroxyl groups is 1. The number of amides is 1. The standard InChI is InChI=1S/C34H31Br2FN2O4/c35-27-11-5-24(6-12-27)22-34(33(41)38-18-17-23-3-1-4-29(37)21-23)31(25-7-13-28(36)14-8-25)43-32(39-34)26-9-15-30(16-10-26)42-20-2-19-40/h1,3-16,21,31,40H,2,17-20,22H2,(H,38,41)/t31-,34-/m1/s1. The molecule has 1 aliphatic heterocycles. The molecular formula is C34H31Br2FN2O4. The van der Waals surface area contributed by atoms with E-state index in [0.717, 1.165) is 25.6 Å². The molecule has 9 heteroatoms. The zero-order valence-electron chi connectivity index (χ0n) is 23.3. The predicted molar refractivity (Wildman–Crippen MR) is 172 cm³/mol. The van der Waals surface area contributed by atoms with Gasteiger partial charge in [0.1, 0.15) is 11.6 Å². The van der Waals surface area contributed by atoms with Crippen LogP contribution in [-0.4, -0.2) is 42.2 Å². The number of hydrogen-bond acceptors (Lipinski definition) is 5. The van der Waals surface area contributed by atoms with E-state index in [2.05, 4.69) is 37.2 Å². The Hall–Kier alpha value is -3.53. The maximum Gasteiger partial charge on any atom is 0.252 e. The number of carbonyl (C=O) groups is 1. The lowest BCUT2D eigenvalue weighted by Crippen LogP contribution is -2.50. The van der Waals surface area contributed by atoms with Gasteiger partial charge in [-0.15, -0.1) is 0 Å². The summed E-state index contributed by atoms with van der Waals surface area (Å²) in [6, 6.07) is 29.2. The highest BCUT2D eigenvalue weighted by atomic mass is 79.9. The van der Waals surface area contributed by atoms with E-state index < -0.39 is 11.6 Å². The van der Waals surface area contributed by atoms with Gasteiger partial charge in [-0.25, -0.2) is 9.38 Å². The molecule has 0 radical (unpaired) electrons. The first kappa shape index (κ1) is 30.9. The number of benzene rings is 4. The molecule has 43 heavy (non-hydrogen) atoms. The van der Waals surface area contributed by atoms with Crippen molar-refractivity contribution >= 4 is 43.7 Å². The van der Waals surface area contributed by atoms with Crippen molar-refractivity contribution in [1.82, 2.24) is 5.32 Å². The maximum atomic E-state index is 14.3. The average molecular weight is 710 g/mol. The highest BCUT2D eigenvalue weighted by Gasteiger charge is 2.53. The molecule has 0 aliphatic carbocycles. The second kappa shape index (κ2) is 14.3. The molecule has 0 unspecified atom stereocenters. The fourth-order valence-corrected chi connectivity index (χ4v) is 5.53. The second-order valence-electron chi connectivity index (χ2n) is 10.3. The molecule has 1 amide bonds. The summed E-state index contributed by atoms with van der Waals surface area (Å²) in [6.07, 6.45) is 0.586. The number of nitrogens with one attached hydrogen (secondary N) is 1. The van der Waals surface area contributed by atoms with Gasteiger partial charge in [-0.05, 0) is 83.8 Å². The summed E-state index contributed by atoms with van der Waals surface area (Å²) in [5.41, 5.74) is 1.91. The molecule has 0 bridgehead atoms. The number of aliphatic imine (C=N–C) groups is 1. The van der Waals surface area contributed by atoms with Gasteiger partial charge in [0.15, 0.2) is 11.6 Å². The fourth-order valence-electron chi connectivity index (χ4n) is 5.00. The fraction of sp³-hybridized carbons (Fsp3) is 0.235. The third-order valence-corrected chi connectivity index (χ3v) is 8.24. The van der Waals surface area contributed by atoms with Crippen molar-refractivity contribution in [2.24, 2.45) is 4.99 Å². The molecule has 0 saturated heterocycles. The quantitative estimate of drug-likeness (QED) is 0.156. The highest BCUT2D eigenvalue weighted by Crippen LogP contribution is 2.43. The topological polar surface area (TPSA) is 80.2 Å². The molecule has 0 aromatic heterocycles. The molecular weight excluding hydrogens is 679 g/mol. The van der Waals surface area contributed by atoms with Gasteiger partial charge in [-0.1, -0.05) is 68.3 Å². The minimum absolute atomic E-state index is 0.0604. The van der Waals surface area contributed by atoms with E-state index in [4.69, 9.17) is 19.6 Å². The van der Waals surface area contributed by atoms with Gasteiger partial charge < -0.3 is 19.9 Å². The van der Waals surface area contributed by atoms with E-state index in [9.17, 15) is 9.18 Å². The Labute approximate surface area is 267 Å². The lowest BCUT2D eigenvalue weighted by Gasteiger charge is -2.31. The molecule has 0 spiro atoms.